The van der Waals surface area contributed by atoms with E-state index in [1.807, 2.05) is 0 Å². The Hall–Kier alpha value is -2.88. The van der Waals surface area contributed by atoms with Crippen LogP contribution in [0.3, 0.4) is 0 Å². The molecule has 2 aromatic rings. The molecule has 0 bridgehead atoms. The zero-order chi connectivity index (χ0) is 20.0. The minimum absolute atomic E-state index is 0.0479. The predicted molar refractivity (Wildman–Crippen MR) is 91.1 cm³/mol. The number of halogens is 4. The van der Waals surface area contributed by atoms with Crippen molar-refractivity contribution in [3.8, 4) is 11.4 Å². The summed E-state index contributed by atoms with van der Waals surface area (Å²) in [6.07, 6.45) is -3.35. The second kappa shape index (κ2) is 8.67. The van der Waals surface area contributed by atoms with Gasteiger partial charge < -0.3 is 14.7 Å². The van der Waals surface area contributed by atoms with Crippen molar-refractivity contribution in [1.29, 1.82) is 0 Å². The molecule has 1 unspecified atom stereocenters. The maximum absolute atomic E-state index is 12.5. The number of amides is 1. The summed E-state index contributed by atoms with van der Waals surface area (Å²) in [4.78, 5) is 20.2. The smallest absolute Gasteiger partial charge is 0.390 e. The van der Waals surface area contributed by atoms with Gasteiger partial charge >= 0.3 is 12.1 Å². The Morgan fingerprint density at radius 2 is 2.11 bits per heavy atom. The van der Waals surface area contributed by atoms with Gasteiger partial charge in [-0.2, -0.15) is 18.2 Å². The second-order valence-electron chi connectivity index (χ2n) is 5.31. The van der Waals surface area contributed by atoms with Crippen LogP contribution in [0.25, 0.3) is 11.4 Å². The highest BCUT2D eigenvalue weighted by Crippen LogP contribution is 2.29. The summed E-state index contributed by atoms with van der Waals surface area (Å²) >= 11 is 5.50. The van der Waals surface area contributed by atoms with Crippen LogP contribution in [-0.4, -0.2) is 34.9 Å². The number of carbonyl (C=O) groups is 1. The van der Waals surface area contributed by atoms with Crippen LogP contribution in [0.4, 0.5) is 13.2 Å². The van der Waals surface area contributed by atoms with Gasteiger partial charge in [-0.25, -0.2) is 0 Å². The van der Waals surface area contributed by atoms with E-state index < -0.39 is 24.0 Å². The number of nitrogens with one attached hydrogen (secondary N) is 1. The number of oxime groups is 1. The van der Waals surface area contributed by atoms with Crippen molar-refractivity contribution in [2.45, 2.75) is 19.1 Å². The van der Waals surface area contributed by atoms with Gasteiger partial charge in [0, 0.05) is 11.1 Å². The van der Waals surface area contributed by atoms with Crippen LogP contribution in [0.5, 0.6) is 0 Å². The summed E-state index contributed by atoms with van der Waals surface area (Å²) in [5.41, 5.74) is 0.559. The third kappa shape index (κ3) is 6.10. The van der Waals surface area contributed by atoms with Crippen LogP contribution >= 0.6 is 11.6 Å². The van der Waals surface area contributed by atoms with Crippen LogP contribution < -0.4 is 5.32 Å². The minimum atomic E-state index is -4.72. The molecule has 1 aromatic carbocycles. The van der Waals surface area contributed by atoms with Crippen molar-refractivity contribution < 1.29 is 27.3 Å². The van der Waals surface area contributed by atoms with Gasteiger partial charge in [0.05, 0.1) is 17.3 Å². The highest BCUT2D eigenvalue weighted by molar-refractivity contribution is 6.29. The zero-order valence-electron chi connectivity index (χ0n) is 14.0. The first kappa shape index (κ1) is 20.4. The van der Waals surface area contributed by atoms with E-state index in [4.69, 9.17) is 16.4 Å². The van der Waals surface area contributed by atoms with Gasteiger partial charge in [-0.15, -0.1) is 0 Å². The van der Waals surface area contributed by atoms with E-state index >= 15 is 0 Å². The SMILES string of the molecule is C=C(Cl)CO/N=C/C(C)NC(=O)c1ccc(-c2noc(C(F)(F)F)n2)cc1. The average Bonchev–Trinajstić information content (AvgIpc) is 3.09. The molecule has 0 aliphatic heterocycles. The fraction of sp³-hybridized carbons (Fsp3) is 0.250. The highest BCUT2D eigenvalue weighted by atomic mass is 35.5. The lowest BCUT2D eigenvalue weighted by Crippen LogP contribution is -2.33. The van der Waals surface area contributed by atoms with E-state index in [0.29, 0.717) is 0 Å². The topological polar surface area (TPSA) is 89.6 Å². The molecule has 11 heteroatoms. The summed E-state index contributed by atoms with van der Waals surface area (Å²) in [6.45, 7) is 5.15. The van der Waals surface area contributed by atoms with Crippen molar-refractivity contribution in [2.75, 3.05) is 6.61 Å². The van der Waals surface area contributed by atoms with Crippen LogP contribution in [0.15, 0.2) is 45.6 Å². The summed E-state index contributed by atoms with van der Waals surface area (Å²) in [6, 6.07) is 5.23. The highest BCUT2D eigenvalue weighted by Gasteiger charge is 2.38. The van der Waals surface area contributed by atoms with E-state index in [1.165, 1.54) is 30.5 Å². The molecule has 1 atom stereocenters. The van der Waals surface area contributed by atoms with Crippen molar-refractivity contribution >= 4 is 23.7 Å². The summed E-state index contributed by atoms with van der Waals surface area (Å²) in [5.74, 6) is -2.08. The normalized spacial score (nSPS) is 12.8. The van der Waals surface area contributed by atoms with Gasteiger partial charge in [-0.3, -0.25) is 4.79 Å². The Bertz CT molecular complexity index is 834. The molecule has 27 heavy (non-hydrogen) atoms. The van der Waals surface area contributed by atoms with Gasteiger partial charge in [-0.05, 0) is 19.1 Å². The van der Waals surface area contributed by atoms with Gasteiger partial charge in [0.2, 0.25) is 5.82 Å². The Kier molecular flexibility index (Phi) is 6.56. The molecular weight excluding hydrogens is 389 g/mol. The molecule has 1 heterocycles. The molecule has 0 spiro atoms. The number of alkyl halides is 3. The van der Waals surface area contributed by atoms with E-state index in [2.05, 4.69) is 31.7 Å². The molecular formula is C16H14ClF3N4O3. The number of carbonyl (C=O) groups excluding carboxylic acids is 1. The summed E-state index contributed by atoms with van der Waals surface area (Å²) in [7, 11) is 0. The molecule has 0 radical (unpaired) electrons. The molecule has 0 saturated carbocycles. The van der Waals surface area contributed by atoms with Crippen molar-refractivity contribution in [2.24, 2.45) is 5.16 Å². The van der Waals surface area contributed by atoms with E-state index in [-0.39, 0.29) is 28.6 Å². The number of hydrogen-bond donors (Lipinski definition) is 1. The maximum atomic E-state index is 12.5. The third-order valence-electron chi connectivity index (χ3n) is 3.01. The minimum Gasteiger partial charge on any atom is -0.390 e. The molecule has 2 rings (SSSR count). The van der Waals surface area contributed by atoms with E-state index in [0.717, 1.165) is 0 Å². The Morgan fingerprint density at radius 1 is 1.44 bits per heavy atom. The Morgan fingerprint density at radius 3 is 2.67 bits per heavy atom. The summed E-state index contributed by atoms with van der Waals surface area (Å²) in [5, 5.41) is 9.84. The molecule has 0 fully saturated rings. The largest absolute Gasteiger partial charge is 0.471 e. The fourth-order valence-corrected chi connectivity index (χ4v) is 1.84. The number of benzene rings is 1. The molecule has 7 nitrogen and oxygen atoms in total. The van der Waals surface area contributed by atoms with Gasteiger partial charge in [-0.1, -0.05) is 40.6 Å². The third-order valence-corrected chi connectivity index (χ3v) is 3.12. The molecule has 144 valence electrons. The average molecular weight is 403 g/mol. The first-order valence-corrected chi connectivity index (χ1v) is 7.85. The maximum Gasteiger partial charge on any atom is 0.471 e. The lowest BCUT2D eigenvalue weighted by Gasteiger charge is -2.09. The lowest BCUT2D eigenvalue weighted by molar-refractivity contribution is -0.159. The number of rotatable bonds is 7. The number of nitrogens with zero attached hydrogens (tertiary/aromatic N) is 3. The van der Waals surface area contributed by atoms with Crippen LogP contribution in [0.1, 0.15) is 23.2 Å². The summed E-state index contributed by atoms with van der Waals surface area (Å²) < 4.78 is 41.6. The standard InChI is InChI=1S/C16H14ClF3N4O3/c1-9(17)8-26-21-7-10(2)22-14(25)12-5-3-11(4-6-12)13-23-15(27-24-13)16(18,19)20/h3-7,10H,1,8H2,2H3,(H,22,25)/b21-7+. The molecule has 1 N–H and O–H groups in total. The Balaban J connectivity index is 1.97. The van der Waals surface area contributed by atoms with Gasteiger partial charge in [0.25, 0.3) is 5.91 Å². The monoisotopic (exact) mass is 402 g/mol. The molecule has 0 saturated heterocycles. The zero-order valence-corrected chi connectivity index (χ0v) is 14.7. The lowest BCUT2D eigenvalue weighted by atomic mass is 10.1. The van der Waals surface area contributed by atoms with Crippen molar-refractivity contribution in [1.82, 2.24) is 15.5 Å². The first-order valence-electron chi connectivity index (χ1n) is 7.47. The quantitative estimate of drug-likeness (QED) is 0.564. The number of aromatic nitrogens is 2. The number of hydrogen-bond acceptors (Lipinski definition) is 6. The van der Waals surface area contributed by atoms with Crippen molar-refractivity contribution in [3.63, 3.8) is 0 Å². The predicted octanol–water partition coefficient (Wildman–Crippen LogP) is 3.63. The Labute approximate surface area is 156 Å². The molecule has 1 aromatic heterocycles. The van der Waals surface area contributed by atoms with E-state index in [9.17, 15) is 18.0 Å². The van der Waals surface area contributed by atoms with Crippen LogP contribution in [0.2, 0.25) is 0 Å². The van der Waals surface area contributed by atoms with Crippen molar-refractivity contribution in [3.05, 3.63) is 47.3 Å². The first-order chi connectivity index (χ1) is 12.7. The van der Waals surface area contributed by atoms with Crippen LogP contribution in [0, 0.1) is 0 Å². The van der Waals surface area contributed by atoms with E-state index in [1.54, 1.807) is 6.92 Å². The fourth-order valence-electron chi connectivity index (χ4n) is 1.80. The second-order valence-corrected chi connectivity index (χ2v) is 5.84. The van der Waals surface area contributed by atoms with Gasteiger partial charge in [0.1, 0.15) is 0 Å². The molecule has 0 aliphatic rings. The van der Waals surface area contributed by atoms with Crippen LogP contribution in [-0.2, 0) is 11.0 Å². The molecule has 0 aliphatic carbocycles. The molecule has 1 amide bonds. The van der Waals surface area contributed by atoms with Gasteiger partial charge in [0.15, 0.2) is 6.61 Å².